The number of ether oxygens (including phenoxy) is 2. The van der Waals surface area contributed by atoms with Gasteiger partial charge in [-0.3, -0.25) is 4.79 Å². The van der Waals surface area contributed by atoms with Crippen LogP contribution in [0.5, 0.6) is 0 Å². The molecule has 7 heteroatoms. The van der Waals surface area contributed by atoms with Crippen molar-refractivity contribution in [2.75, 3.05) is 19.1 Å². The molecular weight excluding hydrogens is 348 g/mol. The van der Waals surface area contributed by atoms with Crippen LogP contribution in [0.25, 0.3) is 10.9 Å². The van der Waals surface area contributed by atoms with Crippen LogP contribution in [0, 0.1) is 6.92 Å². The smallest absolute Gasteiger partial charge is 0.355 e. The number of aryl methyl sites for hydroxylation is 1. The van der Waals surface area contributed by atoms with E-state index in [-0.39, 0.29) is 16.8 Å². The van der Waals surface area contributed by atoms with E-state index in [0.717, 1.165) is 10.9 Å². The number of carbonyl (C=O) groups excluding carboxylic acids is 2. The minimum atomic E-state index is -0.676. The Morgan fingerprint density at radius 2 is 1.78 bits per heavy atom. The van der Waals surface area contributed by atoms with Crippen LogP contribution in [0.15, 0.2) is 64.8 Å². The Labute approximate surface area is 155 Å². The maximum atomic E-state index is 12.5. The first-order chi connectivity index (χ1) is 13.0. The van der Waals surface area contributed by atoms with Gasteiger partial charge in [0.1, 0.15) is 5.70 Å². The van der Waals surface area contributed by atoms with Gasteiger partial charge in [0.05, 0.1) is 19.8 Å². The van der Waals surface area contributed by atoms with Gasteiger partial charge in [-0.1, -0.05) is 6.08 Å². The van der Waals surface area contributed by atoms with Crippen LogP contribution in [0.1, 0.15) is 5.56 Å². The number of hydrogen-bond acceptors (Lipinski definition) is 6. The van der Waals surface area contributed by atoms with Crippen LogP contribution in [0.4, 0.5) is 5.69 Å². The van der Waals surface area contributed by atoms with Crippen molar-refractivity contribution in [2.24, 2.45) is 0 Å². The van der Waals surface area contributed by atoms with E-state index in [2.05, 4.69) is 4.98 Å². The molecule has 0 amide bonds. The number of fused-ring (bicyclic) bond motifs is 1. The highest BCUT2D eigenvalue weighted by Gasteiger charge is 2.27. The number of pyridine rings is 1. The second-order valence-corrected chi connectivity index (χ2v) is 5.86. The summed E-state index contributed by atoms with van der Waals surface area (Å²) in [5.41, 5.74) is 2.03. The van der Waals surface area contributed by atoms with E-state index < -0.39 is 11.9 Å². The van der Waals surface area contributed by atoms with Gasteiger partial charge in [-0.15, -0.1) is 0 Å². The normalized spacial score (nSPS) is 13.7. The summed E-state index contributed by atoms with van der Waals surface area (Å²) in [6.07, 6.45) is 6.49. The quantitative estimate of drug-likeness (QED) is 0.839. The number of hydrogen-bond donors (Lipinski definition) is 1. The van der Waals surface area contributed by atoms with Crippen LogP contribution < -0.4 is 10.5 Å². The van der Waals surface area contributed by atoms with E-state index in [0.29, 0.717) is 11.2 Å². The van der Waals surface area contributed by atoms with Crippen molar-refractivity contribution in [2.45, 2.75) is 6.92 Å². The second-order valence-electron chi connectivity index (χ2n) is 5.86. The van der Waals surface area contributed by atoms with Crippen molar-refractivity contribution in [3.05, 3.63) is 75.9 Å². The molecule has 0 aliphatic carbocycles. The summed E-state index contributed by atoms with van der Waals surface area (Å²) in [5, 5.41) is 0.821. The third-order valence-corrected chi connectivity index (χ3v) is 4.20. The molecule has 1 aliphatic heterocycles. The number of allylic oxidation sites excluding steroid dienone is 2. The van der Waals surface area contributed by atoms with E-state index in [9.17, 15) is 14.4 Å². The molecule has 3 rings (SSSR count). The number of rotatable bonds is 3. The third kappa shape index (κ3) is 3.39. The van der Waals surface area contributed by atoms with Crippen LogP contribution in [0.2, 0.25) is 0 Å². The van der Waals surface area contributed by atoms with Gasteiger partial charge in [0.25, 0.3) is 0 Å². The molecule has 1 aliphatic rings. The van der Waals surface area contributed by atoms with Gasteiger partial charge in [-0.2, -0.15) is 0 Å². The summed E-state index contributed by atoms with van der Waals surface area (Å²) in [7, 11) is 2.49. The molecule has 27 heavy (non-hydrogen) atoms. The molecule has 0 unspecified atom stereocenters. The van der Waals surface area contributed by atoms with Crippen molar-refractivity contribution in [1.29, 1.82) is 0 Å². The summed E-state index contributed by atoms with van der Waals surface area (Å²) in [5.74, 6) is -1.33. The molecule has 0 fully saturated rings. The van der Waals surface area contributed by atoms with Crippen molar-refractivity contribution in [3.63, 3.8) is 0 Å². The Balaban J connectivity index is 2.24. The highest BCUT2D eigenvalue weighted by molar-refractivity contribution is 6.05. The van der Waals surface area contributed by atoms with Gasteiger partial charge in [-0.25, -0.2) is 9.59 Å². The number of nitrogens with zero attached hydrogens (tertiary/aromatic N) is 1. The summed E-state index contributed by atoms with van der Waals surface area (Å²) < 4.78 is 9.69. The summed E-state index contributed by atoms with van der Waals surface area (Å²) in [6.45, 7) is 1.83. The molecule has 138 valence electrons. The summed E-state index contributed by atoms with van der Waals surface area (Å²) in [4.78, 5) is 40.7. The predicted octanol–water partition coefficient (Wildman–Crippen LogP) is 2.33. The predicted molar refractivity (Wildman–Crippen MR) is 101 cm³/mol. The minimum absolute atomic E-state index is 0.0378. The lowest BCUT2D eigenvalue weighted by Crippen LogP contribution is -2.27. The molecule has 1 aromatic heterocycles. The van der Waals surface area contributed by atoms with Gasteiger partial charge < -0.3 is 19.4 Å². The lowest BCUT2D eigenvalue weighted by molar-refractivity contribution is -0.139. The van der Waals surface area contributed by atoms with Crippen LogP contribution in [-0.4, -0.2) is 31.1 Å². The van der Waals surface area contributed by atoms with Crippen molar-refractivity contribution >= 4 is 28.5 Å². The average Bonchev–Trinajstić information content (AvgIpc) is 2.89. The first kappa shape index (κ1) is 18.2. The fourth-order valence-electron chi connectivity index (χ4n) is 2.93. The Morgan fingerprint density at radius 3 is 2.48 bits per heavy atom. The maximum Gasteiger partial charge on any atom is 0.355 e. The fourth-order valence-corrected chi connectivity index (χ4v) is 2.93. The van der Waals surface area contributed by atoms with Gasteiger partial charge in [0.2, 0.25) is 5.56 Å². The van der Waals surface area contributed by atoms with E-state index in [1.807, 2.05) is 13.0 Å². The average molecular weight is 366 g/mol. The van der Waals surface area contributed by atoms with Gasteiger partial charge in [0.15, 0.2) is 0 Å². The van der Waals surface area contributed by atoms with E-state index in [1.165, 1.54) is 26.4 Å². The molecular formula is C20H18N2O5. The number of anilines is 1. The van der Waals surface area contributed by atoms with Crippen molar-refractivity contribution in [1.82, 2.24) is 4.98 Å². The Bertz CT molecular complexity index is 1080. The van der Waals surface area contributed by atoms with Gasteiger partial charge in [-0.05, 0) is 42.8 Å². The molecule has 0 spiro atoms. The zero-order chi connectivity index (χ0) is 19.6. The lowest BCUT2D eigenvalue weighted by atomic mass is 10.1. The molecule has 0 atom stereocenters. The fraction of sp³-hybridized carbons (Fsp3) is 0.150. The number of esters is 2. The number of nitrogens with one attached hydrogen (secondary N) is 1. The molecule has 1 N–H and O–H groups in total. The summed E-state index contributed by atoms with van der Waals surface area (Å²) >= 11 is 0. The molecule has 1 aromatic carbocycles. The van der Waals surface area contributed by atoms with Gasteiger partial charge >= 0.3 is 11.9 Å². The Kier molecular flexibility index (Phi) is 4.94. The molecule has 0 saturated carbocycles. The molecule has 2 heterocycles. The number of benzene rings is 1. The zero-order valence-electron chi connectivity index (χ0n) is 15.1. The largest absolute Gasteiger partial charge is 0.465 e. The van der Waals surface area contributed by atoms with E-state index in [4.69, 9.17) is 9.47 Å². The molecule has 0 radical (unpaired) electrons. The molecule has 7 nitrogen and oxygen atoms in total. The first-order valence-electron chi connectivity index (χ1n) is 8.15. The third-order valence-electron chi connectivity index (χ3n) is 4.20. The standard InChI is InChI=1S/C20H18N2O5/c1-12-10-17(23)21-16-8-7-13(11-15(12)16)22-9-5-4-6-14(19(24)26-2)18(22)20(25)27-3/h4-11H,1-3H3,(H,21,23). The number of aromatic amines is 1. The van der Waals surface area contributed by atoms with Crippen LogP contribution >= 0.6 is 0 Å². The SMILES string of the molecule is COC(=O)C1=C(C(=O)OC)N(c2ccc3[nH]c(=O)cc(C)c3c2)C=CC=C1. The first-order valence-corrected chi connectivity index (χ1v) is 8.15. The van der Waals surface area contributed by atoms with Crippen LogP contribution in [0.3, 0.4) is 0 Å². The molecule has 0 saturated heterocycles. The number of H-pyrrole nitrogens is 1. The highest BCUT2D eigenvalue weighted by atomic mass is 16.5. The topological polar surface area (TPSA) is 88.7 Å². The van der Waals surface area contributed by atoms with Crippen molar-refractivity contribution in [3.8, 4) is 0 Å². The molecule has 0 bridgehead atoms. The number of aromatic nitrogens is 1. The van der Waals surface area contributed by atoms with Crippen LogP contribution in [-0.2, 0) is 19.1 Å². The number of methoxy groups -OCH3 is 2. The Morgan fingerprint density at radius 1 is 1.04 bits per heavy atom. The second kappa shape index (κ2) is 7.33. The molecule has 2 aromatic rings. The lowest BCUT2D eigenvalue weighted by Gasteiger charge is -2.23. The summed E-state index contributed by atoms with van der Waals surface area (Å²) in [6, 6.07) is 6.82. The monoisotopic (exact) mass is 366 g/mol. The van der Waals surface area contributed by atoms with E-state index >= 15 is 0 Å². The van der Waals surface area contributed by atoms with Crippen molar-refractivity contribution < 1.29 is 19.1 Å². The Hall–Kier alpha value is -3.61. The highest BCUT2D eigenvalue weighted by Crippen LogP contribution is 2.29. The maximum absolute atomic E-state index is 12.5. The zero-order valence-corrected chi connectivity index (χ0v) is 15.1. The minimum Gasteiger partial charge on any atom is -0.465 e. The van der Waals surface area contributed by atoms with Gasteiger partial charge in [0, 0.05) is 28.9 Å². The number of carbonyl (C=O) groups is 2. The van der Waals surface area contributed by atoms with E-state index in [1.54, 1.807) is 35.4 Å².